The molecule has 1 aliphatic carbocycles. The van der Waals surface area contributed by atoms with Crippen molar-refractivity contribution in [1.82, 2.24) is 15.5 Å². The van der Waals surface area contributed by atoms with Gasteiger partial charge in [0.05, 0.1) is 6.54 Å². The van der Waals surface area contributed by atoms with Crippen molar-refractivity contribution in [3.63, 3.8) is 0 Å². The predicted octanol–water partition coefficient (Wildman–Crippen LogP) is 2.29. The van der Waals surface area contributed by atoms with Gasteiger partial charge in [0.2, 0.25) is 5.91 Å². The Balaban J connectivity index is 1.73. The lowest BCUT2D eigenvalue weighted by atomic mass is 9.95. The Kier molecular flexibility index (Phi) is 7.51. The summed E-state index contributed by atoms with van der Waals surface area (Å²) in [5.74, 6) is 0.240. The van der Waals surface area contributed by atoms with Gasteiger partial charge in [-0.05, 0) is 45.2 Å². The first kappa shape index (κ1) is 16.8. The highest BCUT2D eigenvalue weighted by atomic mass is 16.2. The number of hydrogen-bond donors (Lipinski definition) is 2. The zero-order valence-corrected chi connectivity index (χ0v) is 13.7. The van der Waals surface area contributed by atoms with Crippen LogP contribution in [0.15, 0.2) is 0 Å². The smallest absolute Gasteiger partial charge is 0.234 e. The van der Waals surface area contributed by atoms with Crippen molar-refractivity contribution < 1.29 is 4.79 Å². The van der Waals surface area contributed by atoms with E-state index in [9.17, 15) is 4.79 Å². The molecule has 0 aromatic rings. The third-order valence-corrected chi connectivity index (χ3v) is 4.87. The fraction of sp³-hybridized carbons (Fsp3) is 0.941. The topological polar surface area (TPSA) is 44.4 Å². The Bertz CT molecular complexity index is 302. The summed E-state index contributed by atoms with van der Waals surface area (Å²) in [7, 11) is 0. The van der Waals surface area contributed by atoms with E-state index in [1.807, 2.05) is 0 Å². The lowest BCUT2D eigenvalue weighted by molar-refractivity contribution is -0.124. The average molecular weight is 295 g/mol. The molecule has 1 heterocycles. The molecular formula is C17H33N3O. The van der Waals surface area contributed by atoms with E-state index in [-0.39, 0.29) is 5.91 Å². The SMILES string of the molecule is CCCNCC1CCCCN1CC(=O)NC1CCCCC1. The van der Waals surface area contributed by atoms with Gasteiger partial charge in [0.15, 0.2) is 0 Å². The Hall–Kier alpha value is -0.610. The van der Waals surface area contributed by atoms with Crippen LogP contribution < -0.4 is 10.6 Å². The number of nitrogens with zero attached hydrogens (tertiary/aromatic N) is 1. The molecule has 1 atom stereocenters. The van der Waals surface area contributed by atoms with Crippen LogP contribution in [0, 0.1) is 0 Å². The summed E-state index contributed by atoms with van der Waals surface area (Å²) < 4.78 is 0. The van der Waals surface area contributed by atoms with E-state index in [0.717, 1.165) is 19.6 Å². The molecule has 0 bridgehead atoms. The molecule has 0 radical (unpaired) electrons. The lowest BCUT2D eigenvalue weighted by Crippen LogP contribution is -2.50. The van der Waals surface area contributed by atoms with E-state index in [1.165, 1.54) is 57.8 Å². The monoisotopic (exact) mass is 295 g/mol. The van der Waals surface area contributed by atoms with Crippen molar-refractivity contribution in [2.75, 3.05) is 26.2 Å². The minimum Gasteiger partial charge on any atom is -0.352 e. The van der Waals surface area contributed by atoms with Crippen LogP contribution >= 0.6 is 0 Å². The van der Waals surface area contributed by atoms with Gasteiger partial charge >= 0.3 is 0 Å². The van der Waals surface area contributed by atoms with Crippen molar-refractivity contribution in [3.8, 4) is 0 Å². The van der Waals surface area contributed by atoms with Crippen molar-refractivity contribution in [2.24, 2.45) is 0 Å². The number of likely N-dealkylation sites (tertiary alicyclic amines) is 1. The van der Waals surface area contributed by atoms with Gasteiger partial charge in [-0.25, -0.2) is 0 Å². The van der Waals surface area contributed by atoms with E-state index in [1.54, 1.807) is 0 Å². The third-order valence-electron chi connectivity index (χ3n) is 4.87. The van der Waals surface area contributed by atoms with Gasteiger partial charge in [0.25, 0.3) is 0 Å². The van der Waals surface area contributed by atoms with Crippen LogP contribution in [-0.4, -0.2) is 49.1 Å². The molecule has 1 unspecified atom stereocenters. The van der Waals surface area contributed by atoms with Crippen LogP contribution in [0.4, 0.5) is 0 Å². The highest BCUT2D eigenvalue weighted by Crippen LogP contribution is 2.18. The van der Waals surface area contributed by atoms with E-state index in [0.29, 0.717) is 18.6 Å². The highest BCUT2D eigenvalue weighted by molar-refractivity contribution is 5.78. The summed E-state index contributed by atoms with van der Waals surface area (Å²) >= 11 is 0. The molecule has 122 valence electrons. The van der Waals surface area contributed by atoms with Crippen molar-refractivity contribution in [1.29, 1.82) is 0 Å². The molecule has 1 saturated heterocycles. The standard InChI is InChI=1S/C17H33N3O/c1-2-11-18-13-16-10-6-7-12-20(16)14-17(21)19-15-8-4-3-5-9-15/h15-16,18H,2-14H2,1H3,(H,19,21). The maximum Gasteiger partial charge on any atom is 0.234 e. The molecule has 0 aromatic heterocycles. The third kappa shape index (κ3) is 5.95. The van der Waals surface area contributed by atoms with E-state index in [2.05, 4.69) is 22.5 Å². The van der Waals surface area contributed by atoms with Crippen LogP contribution in [0.2, 0.25) is 0 Å². The van der Waals surface area contributed by atoms with Gasteiger partial charge in [0, 0.05) is 18.6 Å². The van der Waals surface area contributed by atoms with Gasteiger partial charge in [-0.1, -0.05) is 32.6 Å². The summed E-state index contributed by atoms with van der Waals surface area (Å²) in [6, 6.07) is 0.982. The molecule has 2 aliphatic rings. The second kappa shape index (κ2) is 9.42. The molecule has 1 aliphatic heterocycles. The quantitative estimate of drug-likeness (QED) is 0.708. The average Bonchev–Trinajstić information content (AvgIpc) is 2.50. The second-order valence-corrected chi connectivity index (χ2v) is 6.73. The lowest BCUT2D eigenvalue weighted by Gasteiger charge is -2.36. The van der Waals surface area contributed by atoms with Crippen molar-refractivity contribution in [2.45, 2.75) is 76.8 Å². The van der Waals surface area contributed by atoms with Crippen LogP contribution in [0.25, 0.3) is 0 Å². The van der Waals surface area contributed by atoms with Crippen LogP contribution in [0.3, 0.4) is 0 Å². The molecular weight excluding hydrogens is 262 g/mol. The Morgan fingerprint density at radius 3 is 2.62 bits per heavy atom. The van der Waals surface area contributed by atoms with Gasteiger partial charge in [-0.3, -0.25) is 9.69 Å². The van der Waals surface area contributed by atoms with Crippen molar-refractivity contribution >= 4 is 5.91 Å². The van der Waals surface area contributed by atoms with Crippen molar-refractivity contribution in [3.05, 3.63) is 0 Å². The number of carbonyl (C=O) groups excluding carboxylic acids is 1. The zero-order chi connectivity index (χ0) is 14.9. The summed E-state index contributed by atoms with van der Waals surface area (Å²) in [6.45, 7) is 5.98. The van der Waals surface area contributed by atoms with E-state index < -0.39 is 0 Å². The molecule has 0 aromatic carbocycles. The van der Waals surface area contributed by atoms with Gasteiger partial charge in [-0.2, -0.15) is 0 Å². The first-order chi connectivity index (χ1) is 10.3. The largest absolute Gasteiger partial charge is 0.352 e. The zero-order valence-electron chi connectivity index (χ0n) is 13.7. The predicted molar refractivity (Wildman–Crippen MR) is 87.4 cm³/mol. The molecule has 4 heteroatoms. The van der Waals surface area contributed by atoms with E-state index in [4.69, 9.17) is 0 Å². The first-order valence-corrected chi connectivity index (χ1v) is 9.03. The summed E-state index contributed by atoms with van der Waals surface area (Å²) in [5, 5.41) is 6.77. The second-order valence-electron chi connectivity index (χ2n) is 6.73. The molecule has 0 spiro atoms. The minimum atomic E-state index is 0.240. The molecule has 21 heavy (non-hydrogen) atoms. The molecule has 2 rings (SSSR count). The number of carbonyl (C=O) groups is 1. The highest BCUT2D eigenvalue weighted by Gasteiger charge is 2.25. The number of piperidine rings is 1. The molecule has 2 N–H and O–H groups in total. The maximum atomic E-state index is 12.3. The number of amides is 1. The fourth-order valence-electron chi connectivity index (χ4n) is 3.65. The number of hydrogen-bond acceptors (Lipinski definition) is 3. The molecule has 4 nitrogen and oxygen atoms in total. The minimum absolute atomic E-state index is 0.240. The van der Waals surface area contributed by atoms with Gasteiger partial charge < -0.3 is 10.6 Å². The molecule has 1 amide bonds. The van der Waals surface area contributed by atoms with Gasteiger partial charge in [-0.15, -0.1) is 0 Å². The molecule has 2 fully saturated rings. The Morgan fingerprint density at radius 2 is 1.86 bits per heavy atom. The summed E-state index contributed by atoms with van der Waals surface area (Å²) in [6.07, 6.45) is 11.2. The maximum absolute atomic E-state index is 12.3. The van der Waals surface area contributed by atoms with Gasteiger partial charge in [0.1, 0.15) is 0 Å². The normalized spacial score (nSPS) is 24.9. The number of nitrogens with one attached hydrogen (secondary N) is 2. The number of rotatable bonds is 7. The molecule has 1 saturated carbocycles. The van der Waals surface area contributed by atoms with Crippen LogP contribution in [-0.2, 0) is 4.79 Å². The first-order valence-electron chi connectivity index (χ1n) is 9.03. The Labute approximate surface area is 130 Å². The Morgan fingerprint density at radius 1 is 1.10 bits per heavy atom. The van der Waals surface area contributed by atoms with Crippen LogP contribution in [0.5, 0.6) is 0 Å². The summed E-state index contributed by atoms with van der Waals surface area (Å²) in [4.78, 5) is 14.7. The summed E-state index contributed by atoms with van der Waals surface area (Å²) in [5.41, 5.74) is 0. The fourth-order valence-corrected chi connectivity index (χ4v) is 3.65. The van der Waals surface area contributed by atoms with E-state index >= 15 is 0 Å². The van der Waals surface area contributed by atoms with Crippen LogP contribution in [0.1, 0.15) is 64.7 Å².